The summed E-state index contributed by atoms with van der Waals surface area (Å²) in [7, 11) is 0. The predicted octanol–water partition coefficient (Wildman–Crippen LogP) is 3.19. The maximum absolute atomic E-state index is 13.5. The van der Waals surface area contributed by atoms with Crippen LogP contribution in [-0.2, 0) is 11.3 Å². The van der Waals surface area contributed by atoms with Crippen LogP contribution in [0.15, 0.2) is 41.7 Å². The number of carbonyl (C=O) groups is 1. The van der Waals surface area contributed by atoms with E-state index in [9.17, 15) is 13.6 Å². The minimum Gasteiger partial charge on any atom is -0.475 e. The number of benzene rings is 1. The van der Waals surface area contributed by atoms with Gasteiger partial charge < -0.3 is 4.74 Å². The fourth-order valence-corrected chi connectivity index (χ4v) is 1.99. The predicted molar refractivity (Wildman–Crippen MR) is 71.4 cm³/mol. The van der Waals surface area contributed by atoms with Crippen LogP contribution >= 0.6 is 0 Å². The lowest BCUT2D eigenvalue weighted by atomic mass is 10.1. The summed E-state index contributed by atoms with van der Waals surface area (Å²) in [6, 6.07) is 4.84. The molecule has 0 bridgehead atoms. The van der Waals surface area contributed by atoms with Crippen molar-refractivity contribution in [1.29, 1.82) is 0 Å². The van der Waals surface area contributed by atoms with Crippen molar-refractivity contribution in [3.63, 3.8) is 0 Å². The Hall–Kier alpha value is -2.63. The maximum atomic E-state index is 13.5. The molecule has 21 heavy (non-hydrogen) atoms. The summed E-state index contributed by atoms with van der Waals surface area (Å²) in [5, 5.41) is 0. The van der Waals surface area contributed by atoms with Gasteiger partial charge in [-0.05, 0) is 18.2 Å². The van der Waals surface area contributed by atoms with Crippen LogP contribution in [0.2, 0.25) is 0 Å². The largest absolute Gasteiger partial charge is 0.475 e. The van der Waals surface area contributed by atoms with Gasteiger partial charge in [-0.25, -0.2) is 13.8 Å². The molecule has 0 N–H and O–H groups in total. The molecule has 1 aliphatic rings. The molecule has 2 heterocycles. The van der Waals surface area contributed by atoms with Crippen molar-refractivity contribution in [1.82, 2.24) is 4.98 Å². The Balaban J connectivity index is 1.77. The van der Waals surface area contributed by atoms with Crippen LogP contribution in [-0.4, -0.2) is 16.7 Å². The third kappa shape index (κ3) is 2.79. The van der Waals surface area contributed by atoms with Crippen LogP contribution in [0, 0.1) is 11.6 Å². The summed E-state index contributed by atoms with van der Waals surface area (Å²) in [6.45, 7) is -0.112. The summed E-state index contributed by atoms with van der Waals surface area (Å²) in [6.07, 6.45) is 2.98. The Kier molecular flexibility index (Phi) is 3.43. The fourth-order valence-electron chi connectivity index (χ4n) is 1.99. The average Bonchev–Trinajstić information content (AvgIpc) is 2.46. The van der Waals surface area contributed by atoms with Gasteiger partial charge in [-0.2, -0.15) is 0 Å². The van der Waals surface area contributed by atoms with E-state index in [-0.39, 0.29) is 30.3 Å². The van der Waals surface area contributed by atoms with E-state index < -0.39 is 11.6 Å². The van der Waals surface area contributed by atoms with E-state index >= 15 is 0 Å². The Bertz CT molecular complexity index is 744. The Morgan fingerprint density at radius 1 is 1.24 bits per heavy atom. The minimum atomic E-state index is -0.692. The van der Waals surface area contributed by atoms with E-state index in [2.05, 4.69) is 9.98 Å². The molecule has 0 saturated carbocycles. The van der Waals surface area contributed by atoms with Crippen LogP contribution in [0.1, 0.15) is 22.3 Å². The standard InChI is InChI=1S/C15H10F2N2O2/c16-10-2-1-9(12(17)5-10)8-21-15-6-14(20)11-7-18-4-3-13(11)19-15/h1-5,7H,6,8H2. The molecule has 6 heteroatoms. The Morgan fingerprint density at radius 3 is 2.90 bits per heavy atom. The topological polar surface area (TPSA) is 51.5 Å². The number of hydrogen-bond acceptors (Lipinski definition) is 4. The highest BCUT2D eigenvalue weighted by Crippen LogP contribution is 2.25. The van der Waals surface area contributed by atoms with Crippen molar-refractivity contribution in [2.75, 3.05) is 0 Å². The zero-order valence-corrected chi connectivity index (χ0v) is 10.8. The Labute approximate surface area is 119 Å². The highest BCUT2D eigenvalue weighted by Gasteiger charge is 2.21. The van der Waals surface area contributed by atoms with Gasteiger partial charge in [-0.1, -0.05) is 0 Å². The van der Waals surface area contributed by atoms with Crippen molar-refractivity contribution < 1.29 is 18.3 Å². The van der Waals surface area contributed by atoms with Gasteiger partial charge in [0, 0.05) is 24.0 Å². The number of Topliss-reactive ketones (excluding diaryl/α,β-unsaturated/α-hetero) is 1. The summed E-state index contributed by atoms with van der Waals surface area (Å²) >= 11 is 0. The quantitative estimate of drug-likeness (QED) is 0.852. The van der Waals surface area contributed by atoms with E-state index in [0.717, 1.165) is 12.1 Å². The third-order valence-electron chi connectivity index (χ3n) is 3.06. The lowest BCUT2D eigenvalue weighted by Crippen LogP contribution is -2.16. The first-order chi connectivity index (χ1) is 10.1. The number of aromatic nitrogens is 1. The van der Waals surface area contributed by atoms with Crippen molar-refractivity contribution in [3.8, 4) is 0 Å². The smallest absolute Gasteiger partial charge is 0.196 e. The number of hydrogen-bond donors (Lipinski definition) is 0. The SMILES string of the molecule is O=C1CC(OCc2ccc(F)cc2F)=Nc2ccncc21. The molecule has 106 valence electrons. The van der Waals surface area contributed by atoms with E-state index in [4.69, 9.17) is 4.74 Å². The molecule has 0 saturated heterocycles. The molecule has 3 rings (SSSR count). The van der Waals surface area contributed by atoms with Gasteiger partial charge in [0.1, 0.15) is 18.2 Å². The van der Waals surface area contributed by atoms with Crippen LogP contribution in [0.5, 0.6) is 0 Å². The second-order valence-corrected chi connectivity index (χ2v) is 4.52. The molecular formula is C15H10F2N2O2. The molecule has 1 aromatic heterocycles. The van der Waals surface area contributed by atoms with Crippen LogP contribution in [0.4, 0.5) is 14.5 Å². The molecular weight excluding hydrogens is 278 g/mol. The number of pyridine rings is 1. The van der Waals surface area contributed by atoms with Gasteiger partial charge >= 0.3 is 0 Å². The molecule has 1 aliphatic heterocycles. The average molecular weight is 288 g/mol. The van der Waals surface area contributed by atoms with Crippen LogP contribution in [0.25, 0.3) is 0 Å². The van der Waals surface area contributed by atoms with E-state index in [1.54, 1.807) is 6.07 Å². The molecule has 1 aromatic carbocycles. The van der Waals surface area contributed by atoms with Gasteiger partial charge in [0.05, 0.1) is 17.7 Å². The molecule has 0 unspecified atom stereocenters. The lowest BCUT2D eigenvalue weighted by molar-refractivity contribution is 0.0989. The second-order valence-electron chi connectivity index (χ2n) is 4.52. The molecule has 0 spiro atoms. The van der Waals surface area contributed by atoms with E-state index in [1.165, 1.54) is 18.5 Å². The normalized spacial score (nSPS) is 13.6. The van der Waals surface area contributed by atoms with E-state index in [1.807, 2.05) is 0 Å². The molecule has 0 aliphatic carbocycles. The van der Waals surface area contributed by atoms with Gasteiger partial charge in [0.15, 0.2) is 11.7 Å². The van der Waals surface area contributed by atoms with Crippen molar-refractivity contribution in [2.45, 2.75) is 13.0 Å². The monoisotopic (exact) mass is 288 g/mol. The molecule has 0 amide bonds. The first-order valence-corrected chi connectivity index (χ1v) is 6.25. The zero-order valence-electron chi connectivity index (χ0n) is 10.8. The number of ether oxygens (including phenoxy) is 1. The molecule has 0 radical (unpaired) electrons. The number of carbonyl (C=O) groups excluding carboxylic acids is 1. The number of fused-ring (bicyclic) bond motifs is 1. The second kappa shape index (κ2) is 5.40. The third-order valence-corrected chi connectivity index (χ3v) is 3.06. The molecule has 2 aromatic rings. The molecule has 0 atom stereocenters. The first-order valence-electron chi connectivity index (χ1n) is 6.25. The number of ketones is 1. The van der Waals surface area contributed by atoms with Gasteiger partial charge in [0.2, 0.25) is 0 Å². The van der Waals surface area contributed by atoms with E-state index in [0.29, 0.717) is 11.3 Å². The number of nitrogens with zero attached hydrogens (tertiary/aromatic N) is 2. The minimum absolute atomic E-state index is 0.00150. The first kappa shape index (κ1) is 13.4. The molecule has 0 fully saturated rings. The number of halogens is 2. The summed E-state index contributed by atoms with van der Waals surface area (Å²) < 4.78 is 31.7. The van der Waals surface area contributed by atoms with Gasteiger partial charge in [0.25, 0.3) is 0 Å². The summed E-state index contributed by atoms with van der Waals surface area (Å²) in [4.78, 5) is 20.0. The fraction of sp³-hybridized carbons (Fsp3) is 0.133. The Morgan fingerprint density at radius 2 is 2.10 bits per heavy atom. The van der Waals surface area contributed by atoms with Crippen LogP contribution < -0.4 is 0 Å². The number of rotatable bonds is 2. The highest BCUT2D eigenvalue weighted by atomic mass is 19.1. The molecule has 4 nitrogen and oxygen atoms in total. The maximum Gasteiger partial charge on any atom is 0.196 e. The van der Waals surface area contributed by atoms with Gasteiger partial charge in [-0.3, -0.25) is 9.78 Å². The number of aliphatic imine (C=N–C) groups is 1. The van der Waals surface area contributed by atoms with Crippen molar-refractivity contribution in [3.05, 3.63) is 59.4 Å². The van der Waals surface area contributed by atoms with Crippen molar-refractivity contribution >= 4 is 17.4 Å². The zero-order chi connectivity index (χ0) is 14.8. The summed E-state index contributed by atoms with van der Waals surface area (Å²) in [5.41, 5.74) is 1.13. The lowest BCUT2D eigenvalue weighted by Gasteiger charge is -2.15. The highest BCUT2D eigenvalue weighted by molar-refractivity contribution is 6.13. The van der Waals surface area contributed by atoms with Gasteiger partial charge in [-0.15, -0.1) is 0 Å². The van der Waals surface area contributed by atoms with Crippen molar-refractivity contribution in [2.24, 2.45) is 4.99 Å². The van der Waals surface area contributed by atoms with Crippen LogP contribution in [0.3, 0.4) is 0 Å². The summed E-state index contributed by atoms with van der Waals surface area (Å²) in [5.74, 6) is -1.28.